The van der Waals surface area contributed by atoms with Crippen molar-refractivity contribution in [1.29, 1.82) is 0 Å². The molecule has 1 saturated heterocycles. The fourth-order valence-electron chi connectivity index (χ4n) is 4.98. The number of carboxylic acids is 1. The maximum absolute atomic E-state index is 12.6. The van der Waals surface area contributed by atoms with Gasteiger partial charge < -0.3 is 19.5 Å². The molecular formula is C32H41N3O4. The van der Waals surface area contributed by atoms with E-state index in [4.69, 9.17) is 14.5 Å². The smallest absolute Gasteiger partial charge is 0.337 e. The molecule has 7 heteroatoms. The molecule has 3 heterocycles. The zero-order valence-electron chi connectivity index (χ0n) is 24.2. The van der Waals surface area contributed by atoms with Crippen molar-refractivity contribution in [2.24, 2.45) is 5.41 Å². The molecule has 0 bridgehead atoms. The van der Waals surface area contributed by atoms with E-state index < -0.39 is 17.7 Å². The highest BCUT2D eigenvalue weighted by atomic mass is 16.5. The van der Waals surface area contributed by atoms with Crippen LogP contribution in [-0.4, -0.2) is 39.7 Å². The van der Waals surface area contributed by atoms with Crippen molar-refractivity contribution in [3.63, 3.8) is 0 Å². The number of piperidine rings is 1. The van der Waals surface area contributed by atoms with Gasteiger partial charge in [0, 0.05) is 36.1 Å². The Balaban J connectivity index is 1.76. The van der Waals surface area contributed by atoms with Crippen LogP contribution in [0.5, 0.6) is 5.75 Å². The van der Waals surface area contributed by atoms with Crippen LogP contribution in [0.3, 0.4) is 0 Å². The number of carbonyl (C=O) groups is 1. The number of aryl methyl sites for hydroxylation is 1. The number of hydrogen-bond donors (Lipinski definition) is 1. The van der Waals surface area contributed by atoms with Gasteiger partial charge in [-0.3, -0.25) is 9.97 Å². The third-order valence-electron chi connectivity index (χ3n) is 7.27. The van der Waals surface area contributed by atoms with Crippen LogP contribution in [0.1, 0.15) is 83.4 Å². The summed E-state index contributed by atoms with van der Waals surface area (Å²) in [5, 5.41) is 10.3. The molecule has 3 aromatic rings. The van der Waals surface area contributed by atoms with Crippen molar-refractivity contribution < 1.29 is 19.4 Å². The summed E-state index contributed by atoms with van der Waals surface area (Å²) in [5.41, 5.74) is 4.25. The second kappa shape index (κ2) is 11.3. The van der Waals surface area contributed by atoms with Crippen LogP contribution in [-0.2, 0) is 9.53 Å². The predicted octanol–water partition coefficient (Wildman–Crippen LogP) is 7.16. The molecule has 0 amide bonds. The lowest BCUT2D eigenvalue weighted by Crippen LogP contribution is -2.39. The third-order valence-corrected chi connectivity index (χ3v) is 7.27. The van der Waals surface area contributed by atoms with Crippen molar-refractivity contribution in [2.75, 3.05) is 18.0 Å². The van der Waals surface area contributed by atoms with Crippen LogP contribution in [0.15, 0.2) is 54.9 Å². The van der Waals surface area contributed by atoms with E-state index in [0.717, 1.165) is 42.7 Å². The molecule has 1 aromatic carbocycles. The Morgan fingerprint density at radius 2 is 1.69 bits per heavy atom. The van der Waals surface area contributed by atoms with E-state index in [2.05, 4.69) is 23.7 Å². The number of aliphatic carboxylic acids is 1. The summed E-state index contributed by atoms with van der Waals surface area (Å²) in [5.74, 6) is -0.367. The predicted molar refractivity (Wildman–Crippen MR) is 154 cm³/mol. The van der Waals surface area contributed by atoms with Gasteiger partial charge in [0.05, 0.1) is 23.2 Å². The van der Waals surface area contributed by atoms with E-state index >= 15 is 0 Å². The lowest BCUT2D eigenvalue weighted by atomic mass is 9.82. The fraction of sp³-hybridized carbons (Fsp3) is 0.469. The van der Waals surface area contributed by atoms with Crippen molar-refractivity contribution in [3.05, 3.63) is 71.7 Å². The molecule has 1 N–H and O–H groups in total. The maximum Gasteiger partial charge on any atom is 0.337 e. The van der Waals surface area contributed by atoms with E-state index in [-0.39, 0.29) is 11.5 Å². The van der Waals surface area contributed by atoms with Gasteiger partial charge in [-0.1, -0.05) is 44.2 Å². The summed E-state index contributed by atoms with van der Waals surface area (Å²) in [6.45, 7) is 15.7. The Bertz CT molecular complexity index is 1270. The van der Waals surface area contributed by atoms with Gasteiger partial charge >= 0.3 is 5.97 Å². The first kappa shape index (κ1) is 28.6. The highest BCUT2D eigenvalue weighted by Crippen LogP contribution is 2.43. The summed E-state index contributed by atoms with van der Waals surface area (Å²) >= 11 is 0. The Morgan fingerprint density at radius 3 is 2.26 bits per heavy atom. The monoisotopic (exact) mass is 531 g/mol. The zero-order valence-corrected chi connectivity index (χ0v) is 24.2. The fourth-order valence-corrected chi connectivity index (χ4v) is 4.98. The van der Waals surface area contributed by atoms with E-state index in [9.17, 15) is 9.90 Å². The van der Waals surface area contributed by atoms with Crippen LogP contribution in [0.4, 0.5) is 5.69 Å². The van der Waals surface area contributed by atoms with Gasteiger partial charge in [0.25, 0.3) is 0 Å². The largest absolute Gasteiger partial charge is 0.484 e. The molecule has 0 unspecified atom stereocenters. The van der Waals surface area contributed by atoms with Crippen LogP contribution in [0, 0.1) is 12.3 Å². The van der Waals surface area contributed by atoms with E-state index in [1.54, 1.807) is 12.4 Å². The number of nitrogens with zero attached hydrogens (tertiary/aromatic N) is 3. The number of hydrogen-bond acceptors (Lipinski definition) is 6. The lowest BCUT2D eigenvalue weighted by molar-refractivity contribution is -0.160. The molecule has 2 atom stereocenters. The standard InChI is InChI=1S/C32H41N3O4/c1-21-27(29(30(36)37)39-31(3,4)5)28(35-17-15-32(6,7)16-18-35)25(20-33-21)26-14-13-24(19-34-26)38-22(2)23-11-9-8-10-12-23/h8-14,19-20,22,29H,15-18H2,1-7H3,(H,36,37)/t22-,29-/m0/s1. The van der Waals surface area contributed by atoms with Crippen molar-refractivity contribution in [1.82, 2.24) is 9.97 Å². The van der Waals surface area contributed by atoms with Gasteiger partial charge in [-0.05, 0) is 70.6 Å². The molecule has 1 aliphatic rings. The molecule has 1 aliphatic heterocycles. The molecule has 208 valence electrons. The highest BCUT2D eigenvalue weighted by molar-refractivity contribution is 5.85. The average Bonchev–Trinajstić information content (AvgIpc) is 2.88. The van der Waals surface area contributed by atoms with E-state index in [1.165, 1.54) is 0 Å². The van der Waals surface area contributed by atoms with E-state index in [0.29, 0.717) is 22.7 Å². The first-order chi connectivity index (χ1) is 18.3. The van der Waals surface area contributed by atoms with Crippen molar-refractivity contribution in [2.45, 2.75) is 79.1 Å². The van der Waals surface area contributed by atoms with Gasteiger partial charge in [-0.25, -0.2) is 4.79 Å². The number of ether oxygens (including phenoxy) is 2. The number of carboxylic acid groups (broad SMARTS) is 1. The summed E-state index contributed by atoms with van der Waals surface area (Å²) in [7, 11) is 0. The molecule has 0 saturated carbocycles. The van der Waals surface area contributed by atoms with E-state index in [1.807, 2.05) is 77.1 Å². The third kappa shape index (κ3) is 6.95. The molecular weight excluding hydrogens is 490 g/mol. The van der Waals surface area contributed by atoms with Gasteiger partial charge in [0.1, 0.15) is 11.9 Å². The Kier molecular flexibility index (Phi) is 8.31. The molecule has 0 radical (unpaired) electrons. The van der Waals surface area contributed by atoms with Crippen molar-refractivity contribution >= 4 is 11.7 Å². The van der Waals surface area contributed by atoms with Crippen LogP contribution in [0.2, 0.25) is 0 Å². The number of aromatic nitrogens is 2. The first-order valence-corrected chi connectivity index (χ1v) is 13.7. The lowest BCUT2D eigenvalue weighted by Gasteiger charge is -2.40. The molecule has 0 spiro atoms. The van der Waals surface area contributed by atoms with Crippen LogP contribution < -0.4 is 9.64 Å². The molecule has 39 heavy (non-hydrogen) atoms. The molecule has 2 aromatic heterocycles. The first-order valence-electron chi connectivity index (χ1n) is 13.7. The number of pyridine rings is 2. The van der Waals surface area contributed by atoms with Gasteiger partial charge in [0.15, 0.2) is 6.10 Å². The zero-order chi connectivity index (χ0) is 28.4. The topological polar surface area (TPSA) is 84.8 Å². The minimum atomic E-state index is -1.16. The SMILES string of the molecule is Cc1ncc(-c2ccc(O[C@@H](C)c3ccccc3)cn2)c(N2CCC(C)(C)CC2)c1[C@H](OC(C)(C)C)C(=O)O. The highest BCUT2D eigenvalue weighted by Gasteiger charge is 2.36. The summed E-state index contributed by atoms with van der Waals surface area (Å²) < 4.78 is 12.3. The maximum atomic E-state index is 12.6. The quantitative estimate of drug-likeness (QED) is 0.330. The van der Waals surface area contributed by atoms with Crippen molar-refractivity contribution in [3.8, 4) is 17.0 Å². The molecule has 1 fully saturated rings. The minimum Gasteiger partial charge on any atom is -0.484 e. The number of anilines is 1. The van der Waals surface area contributed by atoms with Crippen LogP contribution >= 0.6 is 0 Å². The number of benzene rings is 1. The Labute approximate surface area is 232 Å². The van der Waals surface area contributed by atoms with Gasteiger partial charge in [-0.15, -0.1) is 0 Å². The summed E-state index contributed by atoms with van der Waals surface area (Å²) in [6.07, 6.45) is 4.25. The minimum absolute atomic E-state index is 0.121. The molecule has 0 aliphatic carbocycles. The van der Waals surface area contributed by atoms with Crippen LogP contribution in [0.25, 0.3) is 11.3 Å². The summed E-state index contributed by atoms with van der Waals surface area (Å²) in [4.78, 5) is 24.3. The average molecular weight is 532 g/mol. The summed E-state index contributed by atoms with van der Waals surface area (Å²) in [6, 6.07) is 13.9. The second-order valence-corrected chi connectivity index (χ2v) is 12.2. The second-order valence-electron chi connectivity index (χ2n) is 12.2. The normalized spacial score (nSPS) is 16.9. The molecule has 4 rings (SSSR count). The molecule has 7 nitrogen and oxygen atoms in total. The van der Waals surface area contributed by atoms with Gasteiger partial charge in [-0.2, -0.15) is 0 Å². The van der Waals surface area contributed by atoms with Gasteiger partial charge in [0.2, 0.25) is 0 Å². The Hall–Kier alpha value is -3.45. The number of rotatable bonds is 8. The Morgan fingerprint density at radius 1 is 1.03 bits per heavy atom.